The van der Waals surface area contributed by atoms with E-state index in [1.54, 1.807) is 22.7 Å². The highest BCUT2D eigenvalue weighted by atomic mass is 32.2. The molecule has 3 aromatic heterocycles. The maximum Gasteiger partial charge on any atom is 0.143 e. The van der Waals surface area contributed by atoms with Crippen molar-refractivity contribution in [1.82, 2.24) is 9.97 Å². The standard InChI is InChI=1S/C14H8N2S2/c1-2-7-11-9(5-1)12-14(17-11)18-13(16-12)10-6-3-4-8-15-10/h1-8H. The van der Waals surface area contributed by atoms with Crippen LogP contribution in [-0.4, -0.2) is 9.97 Å². The summed E-state index contributed by atoms with van der Waals surface area (Å²) < 4.78 is 2.58. The van der Waals surface area contributed by atoms with Gasteiger partial charge in [0.1, 0.15) is 14.5 Å². The van der Waals surface area contributed by atoms with E-state index >= 15 is 0 Å². The van der Waals surface area contributed by atoms with Crippen LogP contribution >= 0.6 is 22.7 Å². The van der Waals surface area contributed by atoms with Crippen LogP contribution in [0.4, 0.5) is 0 Å². The maximum absolute atomic E-state index is 4.74. The Morgan fingerprint density at radius 2 is 1.78 bits per heavy atom. The summed E-state index contributed by atoms with van der Waals surface area (Å²) in [5, 5.41) is 2.25. The molecule has 4 rings (SSSR count). The highest BCUT2D eigenvalue weighted by molar-refractivity contribution is 7.42. The largest absolute Gasteiger partial charge is 0.254 e. The third-order valence-electron chi connectivity index (χ3n) is 2.82. The van der Waals surface area contributed by atoms with E-state index in [0.717, 1.165) is 16.2 Å². The molecule has 0 aliphatic carbocycles. The number of nitrogens with zero attached hydrogens (tertiary/aromatic N) is 2. The van der Waals surface area contributed by atoms with Gasteiger partial charge < -0.3 is 0 Å². The SMILES string of the molecule is c1ccc(-c2nc3c(s2)sc2ccccc23)nc1. The first-order valence-electron chi connectivity index (χ1n) is 5.61. The van der Waals surface area contributed by atoms with E-state index < -0.39 is 0 Å². The van der Waals surface area contributed by atoms with Gasteiger partial charge in [0.25, 0.3) is 0 Å². The van der Waals surface area contributed by atoms with Gasteiger partial charge in [0.15, 0.2) is 0 Å². The fourth-order valence-electron chi connectivity index (χ4n) is 2.00. The van der Waals surface area contributed by atoms with Crippen LogP contribution in [0.3, 0.4) is 0 Å². The first-order chi connectivity index (χ1) is 8.92. The highest BCUT2D eigenvalue weighted by Gasteiger charge is 2.12. The van der Waals surface area contributed by atoms with Crippen molar-refractivity contribution in [2.24, 2.45) is 0 Å². The molecule has 0 saturated heterocycles. The maximum atomic E-state index is 4.74. The van der Waals surface area contributed by atoms with Crippen LogP contribution in [0.2, 0.25) is 0 Å². The van der Waals surface area contributed by atoms with Crippen molar-refractivity contribution in [3.05, 3.63) is 48.7 Å². The molecule has 0 atom stereocenters. The molecule has 4 aromatic rings. The molecule has 2 nitrogen and oxygen atoms in total. The van der Waals surface area contributed by atoms with E-state index in [9.17, 15) is 0 Å². The molecule has 0 fully saturated rings. The fourth-order valence-corrected chi connectivity index (χ4v) is 4.33. The van der Waals surface area contributed by atoms with Crippen LogP contribution in [0.15, 0.2) is 48.7 Å². The van der Waals surface area contributed by atoms with E-state index in [4.69, 9.17) is 4.98 Å². The average Bonchev–Trinajstić information content (AvgIpc) is 2.97. The molecular formula is C14H8N2S2. The molecule has 3 heterocycles. The van der Waals surface area contributed by atoms with E-state index in [1.807, 2.05) is 24.4 Å². The number of benzene rings is 1. The number of hydrogen-bond acceptors (Lipinski definition) is 4. The third kappa shape index (κ3) is 1.46. The van der Waals surface area contributed by atoms with Crippen LogP contribution in [0.1, 0.15) is 0 Å². The fraction of sp³-hybridized carbons (Fsp3) is 0. The van der Waals surface area contributed by atoms with Crippen LogP contribution in [0, 0.1) is 0 Å². The van der Waals surface area contributed by atoms with Crippen LogP contribution in [0.5, 0.6) is 0 Å². The first kappa shape index (κ1) is 10.2. The zero-order chi connectivity index (χ0) is 11.9. The minimum Gasteiger partial charge on any atom is -0.254 e. The summed E-state index contributed by atoms with van der Waals surface area (Å²) in [6, 6.07) is 14.3. The average molecular weight is 268 g/mol. The normalized spacial score (nSPS) is 11.3. The quantitative estimate of drug-likeness (QED) is 0.505. The van der Waals surface area contributed by atoms with E-state index in [-0.39, 0.29) is 0 Å². The zero-order valence-electron chi connectivity index (χ0n) is 9.33. The monoisotopic (exact) mass is 268 g/mol. The lowest BCUT2D eigenvalue weighted by Gasteiger charge is -1.92. The van der Waals surface area contributed by atoms with E-state index in [0.29, 0.717) is 0 Å². The second-order valence-electron chi connectivity index (χ2n) is 3.97. The van der Waals surface area contributed by atoms with Gasteiger partial charge >= 0.3 is 0 Å². The number of aromatic nitrogens is 2. The molecule has 0 unspecified atom stereocenters. The molecule has 1 aromatic carbocycles. The predicted molar refractivity (Wildman–Crippen MR) is 78.2 cm³/mol. The van der Waals surface area contributed by atoms with Gasteiger partial charge in [-0.3, -0.25) is 4.98 Å². The van der Waals surface area contributed by atoms with Gasteiger partial charge in [0.05, 0.1) is 5.69 Å². The molecule has 0 aliphatic rings. The number of thiophene rings is 1. The van der Waals surface area contributed by atoms with Gasteiger partial charge in [-0.05, 0) is 18.2 Å². The van der Waals surface area contributed by atoms with Crippen molar-refractivity contribution in [3.8, 4) is 10.7 Å². The lowest BCUT2D eigenvalue weighted by Crippen LogP contribution is -1.79. The molecule has 18 heavy (non-hydrogen) atoms. The number of rotatable bonds is 1. The molecule has 0 radical (unpaired) electrons. The molecule has 0 spiro atoms. The Morgan fingerprint density at radius 1 is 0.889 bits per heavy atom. The minimum atomic E-state index is 0.954. The second-order valence-corrected chi connectivity index (χ2v) is 6.28. The summed E-state index contributed by atoms with van der Waals surface area (Å²) in [6.45, 7) is 0. The Balaban J connectivity index is 2.00. The Labute approximate surface area is 112 Å². The van der Waals surface area contributed by atoms with Crippen LogP contribution in [0.25, 0.3) is 30.3 Å². The summed E-state index contributed by atoms with van der Waals surface area (Å²) in [5.74, 6) is 0. The van der Waals surface area contributed by atoms with Gasteiger partial charge in [-0.15, -0.1) is 22.7 Å². The lowest BCUT2D eigenvalue weighted by atomic mass is 10.2. The molecule has 4 heteroatoms. The summed E-state index contributed by atoms with van der Waals surface area (Å²) in [7, 11) is 0. The van der Waals surface area contributed by atoms with Crippen molar-refractivity contribution in [2.45, 2.75) is 0 Å². The van der Waals surface area contributed by atoms with Gasteiger partial charge in [0, 0.05) is 16.3 Å². The molecule has 0 amide bonds. The Kier molecular flexibility index (Phi) is 2.18. The molecule has 0 aliphatic heterocycles. The van der Waals surface area contributed by atoms with Gasteiger partial charge in [-0.1, -0.05) is 24.3 Å². The van der Waals surface area contributed by atoms with Crippen LogP contribution in [-0.2, 0) is 0 Å². The van der Waals surface area contributed by atoms with Crippen molar-refractivity contribution in [2.75, 3.05) is 0 Å². The van der Waals surface area contributed by atoms with Crippen molar-refractivity contribution >= 4 is 42.3 Å². The Morgan fingerprint density at radius 3 is 2.67 bits per heavy atom. The summed E-state index contributed by atoms with van der Waals surface area (Å²) in [4.78, 5) is 9.09. The lowest BCUT2D eigenvalue weighted by molar-refractivity contribution is 1.31. The molecule has 86 valence electrons. The molecule has 0 N–H and O–H groups in total. The highest BCUT2D eigenvalue weighted by Crippen LogP contribution is 2.39. The van der Waals surface area contributed by atoms with Gasteiger partial charge in [-0.2, -0.15) is 0 Å². The minimum absolute atomic E-state index is 0.954. The second kappa shape index (κ2) is 3.86. The smallest absolute Gasteiger partial charge is 0.143 e. The van der Waals surface area contributed by atoms with Gasteiger partial charge in [0.2, 0.25) is 0 Å². The topological polar surface area (TPSA) is 25.8 Å². The first-order valence-corrected chi connectivity index (χ1v) is 7.24. The Bertz CT molecular complexity index is 831. The molecule has 0 bridgehead atoms. The summed E-state index contributed by atoms with van der Waals surface area (Å²) in [5.41, 5.74) is 2.07. The third-order valence-corrected chi connectivity index (χ3v) is 5.15. The number of hydrogen-bond donors (Lipinski definition) is 0. The van der Waals surface area contributed by atoms with Crippen molar-refractivity contribution < 1.29 is 0 Å². The summed E-state index contributed by atoms with van der Waals surface area (Å²) in [6.07, 6.45) is 1.81. The Hall–Kier alpha value is -1.78. The van der Waals surface area contributed by atoms with E-state index in [2.05, 4.69) is 29.2 Å². The number of thiazole rings is 1. The van der Waals surface area contributed by atoms with Gasteiger partial charge in [-0.25, -0.2) is 4.98 Å². The number of fused-ring (bicyclic) bond motifs is 3. The summed E-state index contributed by atoms with van der Waals surface area (Å²) >= 11 is 3.53. The van der Waals surface area contributed by atoms with E-state index in [1.165, 1.54) is 14.1 Å². The van der Waals surface area contributed by atoms with Crippen molar-refractivity contribution in [3.63, 3.8) is 0 Å². The van der Waals surface area contributed by atoms with Crippen LogP contribution < -0.4 is 0 Å². The van der Waals surface area contributed by atoms with Crippen molar-refractivity contribution in [1.29, 1.82) is 0 Å². The predicted octanol–water partition coefficient (Wildman–Crippen LogP) is 4.57. The molecular weight excluding hydrogens is 260 g/mol. The molecule has 0 saturated carbocycles. The number of pyridine rings is 1. The zero-order valence-corrected chi connectivity index (χ0v) is 11.0.